The summed E-state index contributed by atoms with van der Waals surface area (Å²) in [6, 6.07) is -1.67. The summed E-state index contributed by atoms with van der Waals surface area (Å²) in [7, 11) is -4.83. The van der Waals surface area contributed by atoms with E-state index in [-0.39, 0.29) is 25.3 Å². The van der Waals surface area contributed by atoms with Gasteiger partial charge in [-0.15, -0.1) is 4.28 Å². The Morgan fingerprint density at radius 3 is 2.65 bits per heavy atom. The Kier molecular flexibility index (Phi) is 6.67. The number of rotatable bonds is 7. The van der Waals surface area contributed by atoms with Gasteiger partial charge in [-0.1, -0.05) is 0 Å². The van der Waals surface area contributed by atoms with Gasteiger partial charge in [-0.3, -0.25) is 19.1 Å². The fourth-order valence-electron chi connectivity index (χ4n) is 4.84. The Hall–Kier alpha value is -1.55. The maximum Gasteiger partial charge on any atom is 0.418 e. The lowest BCUT2D eigenvalue weighted by Gasteiger charge is -2.34. The fraction of sp³-hybridized carbons (Fsp3) is 0.882. The predicted octanol–water partition coefficient (Wildman–Crippen LogP) is -1.78. The number of fused-ring (bicyclic) bond motifs is 2. The standard InChI is InChI=1S/C17H29N5O8S/c23-14-3-5-20(6-4-14)13-7-11(18-8-13)10-29-19-16(24)15-2-1-12-9-21(15)17(25)22(12)30-31(26,27)28/h11-15,18,23H,1-10H2,(H,19,24)(H,26,27,28)/t11-,12?,13-,15?/m1/s1. The normalized spacial score (nSPS) is 32.6. The van der Waals surface area contributed by atoms with Gasteiger partial charge in [0.25, 0.3) is 5.91 Å². The number of carbonyl (C=O) groups is 2. The van der Waals surface area contributed by atoms with Crippen molar-refractivity contribution < 1.29 is 36.8 Å². The summed E-state index contributed by atoms with van der Waals surface area (Å²) in [5.74, 6) is -0.486. The molecule has 0 saturated carbocycles. The molecule has 3 amide bonds. The molecule has 4 N–H and O–H groups in total. The van der Waals surface area contributed by atoms with Crippen molar-refractivity contribution >= 4 is 22.3 Å². The molecule has 2 unspecified atom stereocenters. The zero-order valence-electron chi connectivity index (χ0n) is 17.1. The van der Waals surface area contributed by atoms with Crippen molar-refractivity contribution in [2.24, 2.45) is 0 Å². The first-order valence-electron chi connectivity index (χ1n) is 10.6. The Morgan fingerprint density at radius 2 is 1.94 bits per heavy atom. The SMILES string of the molecule is O=C(NOC[C@H]1C[C@@H](N2CCC(O)CC2)CN1)C1CCC2CN1C(=O)N2OS(=O)(=O)O. The zero-order chi connectivity index (χ0) is 22.2. The van der Waals surface area contributed by atoms with Gasteiger partial charge in [-0.05, 0) is 32.1 Å². The van der Waals surface area contributed by atoms with Crippen LogP contribution in [0.25, 0.3) is 0 Å². The van der Waals surface area contributed by atoms with E-state index in [2.05, 4.69) is 20.0 Å². The van der Waals surface area contributed by atoms with Gasteiger partial charge in [0, 0.05) is 38.3 Å². The number of hydrogen-bond donors (Lipinski definition) is 4. The molecule has 0 aromatic rings. The Balaban J connectivity index is 1.21. The van der Waals surface area contributed by atoms with Crippen LogP contribution in [0.5, 0.6) is 0 Å². The number of hydroxylamine groups is 3. The summed E-state index contributed by atoms with van der Waals surface area (Å²) in [6.07, 6.45) is 2.93. The van der Waals surface area contributed by atoms with E-state index in [1.165, 1.54) is 4.90 Å². The largest absolute Gasteiger partial charge is 0.418 e. The molecule has 4 aliphatic rings. The summed E-state index contributed by atoms with van der Waals surface area (Å²) in [5.41, 5.74) is 2.40. The van der Waals surface area contributed by atoms with Gasteiger partial charge in [-0.25, -0.2) is 10.3 Å². The van der Waals surface area contributed by atoms with E-state index in [1.807, 2.05) is 0 Å². The van der Waals surface area contributed by atoms with E-state index < -0.39 is 34.4 Å². The average Bonchev–Trinajstić information content (AvgIpc) is 3.27. The smallest absolute Gasteiger partial charge is 0.393 e. The van der Waals surface area contributed by atoms with E-state index >= 15 is 0 Å². The van der Waals surface area contributed by atoms with Crippen molar-refractivity contribution in [1.29, 1.82) is 0 Å². The molecule has 4 atom stereocenters. The van der Waals surface area contributed by atoms with Crippen LogP contribution in [0.4, 0.5) is 4.79 Å². The third-order valence-electron chi connectivity index (χ3n) is 6.47. The van der Waals surface area contributed by atoms with Crippen LogP contribution in [0, 0.1) is 0 Å². The van der Waals surface area contributed by atoms with E-state index in [0.29, 0.717) is 23.9 Å². The summed E-state index contributed by atoms with van der Waals surface area (Å²) < 4.78 is 35.1. The van der Waals surface area contributed by atoms with Crippen molar-refractivity contribution in [2.45, 2.75) is 62.4 Å². The summed E-state index contributed by atoms with van der Waals surface area (Å²) in [4.78, 5) is 33.9. The number of likely N-dealkylation sites (tertiary alicyclic amines) is 1. The van der Waals surface area contributed by atoms with Gasteiger partial charge in [0.1, 0.15) is 6.04 Å². The highest BCUT2D eigenvalue weighted by Gasteiger charge is 2.49. The van der Waals surface area contributed by atoms with Crippen LogP contribution in [0.3, 0.4) is 0 Å². The number of aliphatic hydroxyl groups is 1. The lowest BCUT2D eigenvalue weighted by Crippen LogP contribution is -2.50. The van der Waals surface area contributed by atoms with Gasteiger partial charge in [0.2, 0.25) is 0 Å². The topological polar surface area (TPSA) is 161 Å². The minimum atomic E-state index is -4.83. The van der Waals surface area contributed by atoms with Crippen LogP contribution in [0.15, 0.2) is 0 Å². The molecule has 14 heteroatoms. The number of carbonyl (C=O) groups excluding carboxylic acids is 2. The van der Waals surface area contributed by atoms with Gasteiger partial charge in [0.15, 0.2) is 0 Å². The molecule has 0 radical (unpaired) electrons. The molecular weight excluding hydrogens is 434 g/mol. The summed E-state index contributed by atoms with van der Waals surface area (Å²) in [6.45, 7) is 2.99. The molecule has 4 heterocycles. The fourth-order valence-corrected chi connectivity index (χ4v) is 5.23. The molecule has 2 bridgehead atoms. The molecule has 0 spiro atoms. The van der Waals surface area contributed by atoms with Crippen LogP contribution in [0.2, 0.25) is 0 Å². The molecule has 13 nitrogen and oxygen atoms in total. The number of nitrogens with zero attached hydrogens (tertiary/aromatic N) is 3. The maximum absolute atomic E-state index is 12.5. The quantitative estimate of drug-likeness (QED) is 0.251. The monoisotopic (exact) mass is 463 g/mol. The van der Waals surface area contributed by atoms with Gasteiger partial charge >= 0.3 is 16.4 Å². The molecule has 4 aliphatic heterocycles. The van der Waals surface area contributed by atoms with Gasteiger partial charge in [-0.2, -0.15) is 13.5 Å². The van der Waals surface area contributed by atoms with Crippen molar-refractivity contribution in [3.8, 4) is 0 Å². The molecule has 31 heavy (non-hydrogen) atoms. The number of nitrogens with one attached hydrogen (secondary N) is 2. The number of piperidine rings is 2. The Morgan fingerprint density at radius 1 is 1.19 bits per heavy atom. The van der Waals surface area contributed by atoms with Gasteiger partial charge in [0.05, 0.1) is 18.8 Å². The molecule has 4 fully saturated rings. The third-order valence-corrected chi connectivity index (χ3v) is 6.82. The van der Waals surface area contributed by atoms with E-state index in [0.717, 1.165) is 38.9 Å². The van der Waals surface area contributed by atoms with Crippen LogP contribution in [-0.2, 0) is 24.3 Å². The molecule has 4 saturated heterocycles. The molecule has 0 aromatic carbocycles. The number of urea groups is 1. The number of aliphatic hydroxyl groups excluding tert-OH is 1. The average molecular weight is 464 g/mol. The molecule has 0 aliphatic carbocycles. The van der Waals surface area contributed by atoms with Crippen LogP contribution < -0.4 is 10.8 Å². The second-order valence-corrected chi connectivity index (χ2v) is 9.55. The van der Waals surface area contributed by atoms with Crippen molar-refractivity contribution in [3.63, 3.8) is 0 Å². The summed E-state index contributed by atoms with van der Waals surface area (Å²) >= 11 is 0. The first-order chi connectivity index (χ1) is 14.7. The van der Waals surface area contributed by atoms with Crippen LogP contribution >= 0.6 is 0 Å². The van der Waals surface area contributed by atoms with Crippen LogP contribution in [-0.4, -0.2) is 108 Å². The molecule has 0 aromatic heterocycles. The molecule has 4 rings (SSSR count). The van der Waals surface area contributed by atoms with E-state index in [9.17, 15) is 23.1 Å². The van der Waals surface area contributed by atoms with E-state index in [4.69, 9.17) is 9.39 Å². The predicted molar refractivity (Wildman–Crippen MR) is 104 cm³/mol. The Bertz CT molecular complexity index is 789. The minimum Gasteiger partial charge on any atom is -0.393 e. The highest BCUT2D eigenvalue weighted by Crippen LogP contribution is 2.30. The zero-order valence-corrected chi connectivity index (χ0v) is 17.9. The number of hydrogen-bond acceptors (Lipinski definition) is 9. The lowest BCUT2D eigenvalue weighted by atomic mass is 10.0. The summed E-state index contributed by atoms with van der Waals surface area (Å²) in [5, 5.41) is 13.6. The lowest BCUT2D eigenvalue weighted by molar-refractivity contribution is -0.139. The Labute approximate surface area is 180 Å². The third kappa shape index (κ3) is 5.27. The first-order valence-corrected chi connectivity index (χ1v) is 11.9. The highest BCUT2D eigenvalue weighted by atomic mass is 32.3. The first kappa shape index (κ1) is 22.6. The van der Waals surface area contributed by atoms with Crippen LogP contribution in [0.1, 0.15) is 32.1 Å². The molecule has 176 valence electrons. The molecular formula is C17H29N5O8S. The van der Waals surface area contributed by atoms with Gasteiger partial charge < -0.3 is 15.3 Å². The minimum absolute atomic E-state index is 0.0833. The maximum atomic E-state index is 12.5. The second-order valence-electron chi connectivity index (χ2n) is 8.55. The van der Waals surface area contributed by atoms with Crippen molar-refractivity contribution in [2.75, 3.05) is 32.8 Å². The van der Waals surface area contributed by atoms with Crippen molar-refractivity contribution in [3.05, 3.63) is 0 Å². The van der Waals surface area contributed by atoms with Crippen molar-refractivity contribution in [1.82, 2.24) is 25.7 Å². The van der Waals surface area contributed by atoms with E-state index in [1.54, 1.807) is 0 Å². The second kappa shape index (κ2) is 9.13. The number of amides is 3. The highest BCUT2D eigenvalue weighted by molar-refractivity contribution is 7.80.